The Balaban J connectivity index is 2.33. The normalized spacial score (nSPS) is 11.1. The Kier molecular flexibility index (Phi) is 4.25. The summed E-state index contributed by atoms with van der Waals surface area (Å²) in [5.74, 6) is 1.03. The number of aromatic nitrogens is 5. The van der Waals surface area contributed by atoms with Crippen molar-refractivity contribution in [3.63, 3.8) is 0 Å². The van der Waals surface area contributed by atoms with E-state index in [0.29, 0.717) is 11.9 Å². The van der Waals surface area contributed by atoms with Crippen LogP contribution in [0, 0.1) is 0 Å². The van der Waals surface area contributed by atoms with Gasteiger partial charge < -0.3 is 15.0 Å². The summed E-state index contributed by atoms with van der Waals surface area (Å²) in [5, 5.41) is 9.21. The Morgan fingerprint density at radius 1 is 1.18 bits per heavy atom. The van der Waals surface area contributed by atoms with E-state index in [-0.39, 0.29) is 23.0 Å². The summed E-state index contributed by atoms with van der Waals surface area (Å²) in [6.45, 7) is 5.99. The van der Waals surface area contributed by atoms with Gasteiger partial charge in [0.05, 0.1) is 0 Å². The van der Waals surface area contributed by atoms with Gasteiger partial charge in [-0.1, -0.05) is 0 Å². The lowest BCUT2D eigenvalue weighted by Gasteiger charge is -2.21. The molecule has 2 heterocycles. The minimum Gasteiger partial charge on any atom is -0.403 e. The Labute approximate surface area is 127 Å². The van der Waals surface area contributed by atoms with Crippen LogP contribution in [0.2, 0.25) is 0 Å². The van der Waals surface area contributed by atoms with Crippen LogP contribution in [-0.2, 0) is 0 Å². The van der Waals surface area contributed by atoms with E-state index in [1.54, 1.807) is 4.90 Å². The highest BCUT2D eigenvalue weighted by molar-refractivity contribution is 5.38. The fraction of sp³-hybridized carbons (Fsp3) is 0.462. The van der Waals surface area contributed by atoms with Crippen LogP contribution in [-0.4, -0.2) is 44.8 Å². The standard InChI is InChI=1S/C13H19N7O2/c1-13(2,3)17-10-14-11(20(4)5)16-12(15-10)22-9-7-6-8(21)18-19-9/h6-7H,1-5H3,(H,18,21)(H,14,15,16,17). The molecule has 0 saturated carbocycles. The number of hydrogen-bond donors (Lipinski definition) is 2. The fourth-order valence-corrected chi connectivity index (χ4v) is 1.46. The largest absolute Gasteiger partial charge is 0.403 e. The third kappa shape index (κ3) is 4.40. The molecule has 0 spiro atoms. The third-order valence-corrected chi connectivity index (χ3v) is 2.34. The smallest absolute Gasteiger partial charge is 0.330 e. The molecule has 0 aromatic carbocycles. The second-order valence-electron chi connectivity index (χ2n) is 5.87. The first kappa shape index (κ1) is 15.7. The summed E-state index contributed by atoms with van der Waals surface area (Å²) in [6, 6.07) is 2.84. The highest BCUT2D eigenvalue weighted by Gasteiger charge is 2.15. The van der Waals surface area contributed by atoms with E-state index >= 15 is 0 Å². The molecule has 0 radical (unpaired) electrons. The number of nitrogens with zero attached hydrogens (tertiary/aromatic N) is 5. The van der Waals surface area contributed by atoms with Gasteiger partial charge in [0.15, 0.2) is 0 Å². The summed E-state index contributed by atoms with van der Waals surface area (Å²) in [4.78, 5) is 25.4. The van der Waals surface area contributed by atoms with Gasteiger partial charge in [-0.3, -0.25) is 4.79 Å². The van der Waals surface area contributed by atoms with E-state index < -0.39 is 0 Å². The number of nitrogens with one attached hydrogen (secondary N) is 2. The predicted octanol–water partition coefficient (Wildman–Crippen LogP) is 1.02. The van der Waals surface area contributed by atoms with Crippen molar-refractivity contribution in [2.75, 3.05) is 24.3 Å². The van der Waals surface area contributed by atoms with Gasteiger partial charge in [0.2, 0.25) is 17.8 Å². The summed E-state index contributed by atoms with van der Waals surface area (Å²) in [5.41, 5.74) is -0.523. The monoisotopic (exact) mass is 305 g/mol. The van der Waals surface area contributed by atoms with Gasteiger partial charge in [-0.15, -0.1) is 5.10 Å². The van der Waals surface area contributed by atoms with Gasteiger partial charge in [-0.2, -0.15) is 15.0 Å². The fourth-order valence-electron chi connectivity index (χ4n) is 1.46. The van der Waals surface area contributed by atoms with Gasteiger partial charge >= 0.3 is 6.01 Å². The average molecular weight is 305 g/mol. The minimum absolute atomic E-state index is 0.0880. The number of rotatable bonds is 4. The molecule has 2 aromatic heterocycles. The molecule has 2 N–H and O–H groups in total. The van der Waals surface area contributed by atoms with Crippen LogP contribution in [0.5, 0.6) is 11.9 Å². The predicted molar refractivity (Wildman–Crippen MR) is 82.5 cm³/mol. The van der Waals surface area contributed by atoms with Crippen molar-refractivity contribution in [2.45, 2.75) is 26.3 Å². The molecule has 0 fully saturated rings. The SMILES string of the molecule is CN(C)c1nc(NC(C)(C)C)nc(Oc2ccc(=O)[nH]n2)n1. The van der Waals surface area contributed by atoms with Crippen LogP contribution in [0.1, 0.15) is 20.8 Å². The summed E-state index contributed by atoms with van der Waals surface area (Å²) < 4.78 is 5.47. The van der Waals surface area contributed by atoms with Crippen LogP contribution in [0.3, 0.4) is 0 Å². The van der Waals surface area contributed by atoms with E-state index in [4.69, 9.17) is 4.74 Å². The first-order valence-electron chi connectivity index (χ1n) is 6.68. The first-order chi connectivity index (χ1) is 10.2. The Morgan fingerprint density at radius 3 is 2.45 bits per heavy atom. The average Bonchev–Trinajstić information content (AvgIpc) is 2.39. The topological polar surface area (TPSA) is 109 Å². The van der Waals surface area contributed by atoms with Crippen molar-refractivity contribution >= 4 is 11.9 Å². The first-order valence-corrected chi connectivity index (χ1v) is 6.68. The number of hydrogen-bond acceptors (Lipinski definition) is 8. The van der Waals surface area contributed by atoms with E-state index in [1.807, 2.05) is 34.9 Å². The molecular formula is C13H19N7O2. The maximum atomic E-state index is 11.0. The molecule has 0 amide bonds. The highest BCUT2D eigenvalue weighted by Crippen LogP contribution is 2.19. The molecule has 0 bridgehead atoms. The maximum Gasteiger partial charge on any atom is 0.330 e. The van der Waals surface area contributed by atoms with Crippen LogP contribution in [0.4, 0.5) is 11.9 Å². The maximum absolute atomic E-state index is 11.0. The van der Waals surface area contributed by atoms with Crippen molar-refractivity contribution in [3.05, 3.63) is 22.5 Å². The van der Waals surface area contributed by atoms with Gasteiger partial charge in [0.1, 0.15) is 0 Å². The molecule has 0 saturated heterocycles. The molecule has 9 nitrogen and oxygen atoms in total. The van der Waals surface area contributed by atoms with Crippen molar-refractivity contribution in [1.29, 1.82) is 0 Å². The molecule has 0 unspecified atom stereocenters. The zero-order valence-corrected chi connectivity index (χ0v) is 13.2. The summed E-state index contributed by atoms with van der Waals surface area (Å²) in [7, 11) is 3.64. The molecule has 118 valence electrons. The number of aromatic amines is 1. The lowest BCUT2D eigenvalue weighted by atomic mass is 10.1. The second-order valence-corrected chi connectivity index (χ2v) is 5.87. The van der Waals surface area contributed by atoms with Crippen LogP contribution in [0.25, 0.3) is 0 Å². The van der Waals surface area contributed by atoms with Crippen molar-refractivity contribution in [2.24, 2.45) is 0 Å². The lowest BCUT2D eigenvalue weighted by Crippen LogP contribution is -2.28. The van der Waals surface area contributed by atoms with Crippen LogP contribution < -0.4 is 20.5 Å². The van der Waals surface area contributed by atoms with Gasteiger partial charge in [-0.05, 0) is 20.8 Å². The highest BCUT2D eigenvalue weighted by atomic mass is 16.5. The molecule has 9 heteroatoms. The molecule has 0 aliphatic carbocycles. The van der Waals surface area contributed by atoms with Crippen molar-refractivity contribution in [3.8, 4) is 11.9 Å². The number of H-pyrrole nitrogens is 1. The summed E-state index contributed by atoms with van der Waals surface area (Å²) >= 11 is 0. The zero-order valence-electron chi connectivity index (χ0n) is 13.2. The van der Waals surface area contributed by atoms with Crippen LogP contribution in [0.15, 0.2) is 16.9 Å². The summed E-state index contributed by atoms with van der Waals surface area (Å²) in [6.07, 6.45) is 0. The molecule has 0 aliphatic heterocycles. The number of ether oxygens (including phenoxy) is 1. The van der Waals surface area contributed by atoms with Crippen molar-refractivity contribution < 1.29 is 4.74 Å². The van der Waals surface area contributed by atoms with E-state index in [2.05, 4.69) is 30.5 Å². The number of anilines is 2. The third-order valence-electron chi connectivity index (χ3n) is 2.34. The van der Waals surface area contributed by atoms with E-state index in [9.17, 15) is 4.79 Å². The van der Waals surface area contributed by atoms with Gasteiger partial charge in [0, 0.05) is 31.8 Å². The Hall–Kier alpha value is -2.71. The minimum atomic E-state index is -0.313. The zero-order chi connectivity index (χ0) is 16.3. The lowest BCUT2D eigenvalue weighted by molar-refractivity contribution is 0.416. The second kappa shape index (κ2) is 5.96. The molecule has 0 aliphatic rings. The van der Waals surface area contributed by atoms with Crippen LogP contribution >= 0.6 is 0 Å². The van der Waals surface area contributed by atoms with Crippen molar-refractivity contribution in [1.82, 2.24) is 25.1 Å². The quantitative estimate of drug-likeness (QED) is 0.862. The Morgan fingerprint density at radius 2 is 1.91 bits per heavy atom. The molecule has 22 heavy (non-hydrogen) atoms. The molecule has 0 atom stereocenters. The van der Waals surface area contributed by atoms with Gasteiger partial charge in [0.25, 0.3) is 5.56 Å². The van der Waals surface area contributed by atoms with E-state index in [0.717, 1.165) is 0 Å². The Bertz CT molecular complexity index is 686. The van der Waals surface area contributed by atoms with E-state index in [1.165, 1.54) is 12.1 Å². The molecular weight excluding hydrogens is 286 g/mol. The molecule has 2 aromatic rings. The molecule has 2 rings (SSSR count). The van der Waals surface area contributed by atoms with Gasteiger partial charge in [-0.25, -0.2) is 5.10 Å².